The molecule has 1 rings (SSSR count). The molecule has 0 aromatic rings. The number of hydrogen-bond acceptors (Lipinski definition) is 5. The van der Waals surface area contributed by atoms with Gasteiger partial charge in [-0.1, -0.05) is 39.0 Å². The van der Waals surface area contributed by atoms with Crippen molar-refractivity contribution in [3.63, 3.8) is 0 Å². The fourth-order valence-electron chi connectivity index (χ4n) is 2.48. The number of ether oxygens (including phenoxy) is 2. The van der Waals surface area contributed by atoms with Crippen LogP contribution < -0.4 is 0 Å². The predicted octanol–water partition coefficient (Wildman–Crippen LogP) is 1.47. The molecule has 21 heavy (non-hydrogen) atoms. The van der Waals surface area contributed by atoms with E-state index in [1.807, 2.05) is 0 Å². The minimum atomic E-state index is -0.872. The van der Waals surface area contributed by atoms with Crippen molar-refractivity contribution in [3.05, 3.63) is 0 Å². The Labute approximate surface area is 127 Å². The molecule has 0 aliphatic carbocycles. The normalized spacial score (nSPS) is 23.3. The van der Waals surface area contributed by atoms with Crippen molar-refractivity contribution in [2.75, 3.05) is 32.8 Å². The molecule has 1 heterocycles. The number of hydrogen-bond donors (Lipinski definition) is 2. The lowest BCUT2D eigenvalue weighted by atomic mass is 10.1. The van der Waals surface area contributed by atoms with Crippen molar-refractivity contribution in [3.8, 4) is 0 Å². The molecule has 0 amide bonds. The Hall–Kier alpha value is -0.690. The zero-order chi connectivity index (χ0) is 15.5. The molecular formula is C15H29NO5. The summed E-state index contributed by atoms with van der Waals surface area (Å²) in [6.07, 6.45) is 6.37. The number of unbranched alkanes of at least 4 members (excludes halogenated alkanes) is 5. The van der Waals surface area contributed by atoms with Crippen molar-refractivity contribution in [2.24, 2.45) is 0 Å². The number of carboxylic acid groups (broad SMARTS) is 1. The summed E-state index contributed by atoms with van der Waals surface area (Å²) in [6, 6.07) is 0. The lowest BCUT2D eigenvalue weighted by Gasteiger charge is -2.36. The summed E-state index contributed by atoms with van der Waals surface area (Å²) in [5.41, 5.74) is 0. The first-order valence-corrected chi connectivity index (χ1v) is 7.97. The zero-order valence-corrected chi connectivity index (χ0v) is 13.0. The predicted molar refractivity (Wildman–Crippen MR) is 79.2 cm³/mol. The summed E-state index contributed by atoms with van der Waals surface area (Å²) in [4.78, 5) is 12.5. The Kier molecular flexibility index (Phi) is 9.58. The number of carbonyl (C=O) groups is 1. The topological polar surface area (TPSA) is 79.2 Å². The Morgan fingerprint density at radius 3 is 2.62 bits per heavy atom. The van der Waals surface area contributed by atoms with E-state index in [-0.39, 0.29) is 19.3 Å². The minimum absolute atomic E-state index is 0.0449. The first-order valence-electron chi connectivity index (χ1n) is 7.97. The number of aliphatic hydroxyl groups excluding tert-OH is 1. The van der Waals surface area contributed by atoms with Gasteiger partial charge >= 0.3 is 5.97 Å². The largest absolute Gasteiger partial charge is 0.480 e. The van der Waals surface area contributed by atoms with Crippen LogP contribution in [0.1, 0.15) is 45.4 Å². The van der Waals surface area contributed by atoms with Crippen LogP contribution in [0.25, 0.3) is 0 Å². The van der Waals surface area contributed by atoms with E-state index in [2.05, 4.69) is 6.92 Å². The molecule has 6 heteroatoms. The van der Waals surface area contributed by atoms with Gasteiger partial charge in [0.2, 0.25) is 0 Å². The van der Waals surface area contributed by atoms with E-state index in [0.717, 1.165) is 12.8 Å². The van der Waals surface area contributed by atoms with Crippen LogP contribution in [0.4, 0.5) is 0 Å². The molecule has 0 bridgehead atoms. The summed E-state index contributed by atoms with van der Waals surface area (Å²) < 4.78 is 11.3. The summed E-state index contributed by atoms with van der Waals surface area (Å²) in [5, 5.41) is 18.0. The molecule has 1 aliphatic rings. The smallest absolute Gasteiger partial charge is 0.317 e. The van der Waals surface area contributed by atoms with Crippen molar-refractivity contribution in [1.29, 1.82) is 0 Å². The molecule has 6 nitrogen and oxygen atoms in total. The van der Waals surface area contributed by atoms with Crippen molar-refractivity contribution in [2.45, 2.75) is 57.8 Å². The fourth-order valence-corrected chi connectivity index (χ4v) is 2.48. The van der Waals surface area contributed by atoms with Crippen LogP contribution in [0.5, 0.6) is 0 Å². The van der Waals surface area contributed by atoms with Gasteiger partial charge in [-0.25, -0.2) is 0 Å². The first-order chi connectivity index (χ1) is 10.2. The van der Waals surface area contributed by atoms with Gasteiger partial charge in [0.05, 0.1) is 25.8 Å². The first kappa shape index (κ1) is 18.4. The number of nitrogens with zero attached hydrogens (tertiary/aromatic N) is 1. The summed E-state index contributed by atoms with van der Waals surface area (Å²) in [5.74, 6) is -0.872. The molecule has 2 N–H and O–H groups in total. The number of aliphatic hydroxyl groups is 1. The van der Waals surface area contributed by atoms with E-state index in [0.29, 0.717) is 19.7 Å². The number of rotatable bonds is 11. The van der Waals surface area contributed by atoms with Crippen LogP contribution in [0.15, 0.2) is 0 Å². The van der Waals surface area contributed by atoms with E-state index >= 15 is 0 Å². The van der Waals surface area contributed by atoms with Gasteiger partial charge in [0.1, 0.15) is 0 Å². The molecule has 0 aromatic heterocycles. The third-order valence-corrected chi connectivity index (χ3v) is 3.58. The maximum Gasteiger partial charge on any atom is 0.317 e. The van der Waals surface area contributed by atoms with Crippen LogP contribution in [-0.4, -0.2) is 66.3 Å². The van der Waals surface area contributed by atoms with Crippen LogP contribution in [0.2, 0.25) is 0 Å². The van der Waals surface area contributed by atoms with E-state index in [4.69, 9.17) is 14.6 Å². The second-order valence-electron chi connectivity index (χ2n) is 5.60. The number of carboxylic acids is 1. The number of aliphatic carboxylic acids is 1. The Morgan fingerprint density at radius 2 is 1.95 bits per heavy atom. The van der Waals surface area contributed by atoms with Gasteiger partial charge in [0.15, 0.2) is 6.29 Å². The molecule has 124 valence electrons. The highest BCUT2D eigenvalue weighted by molar-refractivity contribution is 5.69. The fraction of sp³-hybridized carbons (Fsp3) is 0.933. The molecule has 0 aromatic carbocycles. The van der Waals surface area contributed by atoms with E-state index in [9.17, 15) is 9.90 Å². The second-order valence-corrected chi connectivity index (χ2v) is 5.60. The average molecular weight is 303 g/mol. The van der Waals surface area contributed by atoms with Gasteiger partial charge in [-0.05, 0) is 6.42 Å². The Morgan fingerprint density at radius 1 is 1.24 bits per heavy atom. The summed E-state index contributed by atoms with van der Waals surface area (Å²) in [6.45, 7) is 3.53. The maximum atomic E-state index is 10.8. The summed E-state index contributed by atoms with van der Waals surface area (Å²) >= 11 is 0. The van der Waals surface area contributed by atoms with Gasteiger partial charge in [0, 0.05) is 13.2 Å². The molecular weight excluding hydrogens is 274 g/mol. The molecule has 1 aliphatic heterocycles. The highest BCUT2D eigenvalue weighted by Crippen LogP contribution is 2.13. The third kappa shape index (κ3) is 8.36. The molecule has 0 unspecified atom stereocenters. The molecule has 1 fully saturated rings. The monoisotopic (exact) mass is 303 g/mol. The maximum absolute atomic E-state index is 10.8. The lowest BCUT2D eigenvalue weighted by molar-refractivity contribution is -0.218. The highest BCUT2D eigenvalue weighted by Gasteiger charge is 2.28. The zero-order valence-electron chi connectivity index (χ0n) is 13.0. The van der Waals surface area contributed by atoms with E-state index in [1.54, 1.807) is 4.90 Å². The van der Waals surface area contributed by atoms with Crippen molar-refractivity contribution < 1.29 is 24.5 Å². The molecule has 0 spiro atoms. The summed E-state index contributed by atoms with van der Waals surface area (Å²) in [7, 11) is 0. The Bertz CT molecular complexity index is 287. The van der Waals surface area contributed by atoms with Crippen LogP contribution in [0.3, 0.4) is 0 Å². The van der Waals surface area contributed by atoms with Gasteiger partial charge < -0.3 is 19.7 Å². The molecule has 2 atom stereocenters. The van der Waals surface area contributed by atoms with Gasteiger partial charge in [-0.2, -0.15) is 0 Å². The van der Waals surface area contributed by atoms with Gasteiger partial charge in [-0.15, -0.1) is 0 Å². The standard InChI is InChI=1S/C15H29NO5/c1-2-3-4-5-6-7-8-20-15-11-16(10-14(18)19)9-13(12-17)21-15/h13,15,17H,2-12H2,1H3,(H,18,19)/t13-,15+/m0/s1. The second kappa shape index (κ2) is 11.0. The van der Waals surface area contributed by atoms with Crippen molar-refractivity contribution >= 4 is 5.97 Å². The molecule has 0 saturated carbocycles. The third-order valence-electron chi connectivity index (χ3n) is 3.58. The molecule has 1 saturated heterocycles. The van der Waals surface area contributed by atoms with Crippen LogP contribution >= 0.6 is 0 Å². The molecule has 0 radical (unpaired) electrons. The minimum Gasteiger partial charge on any atom is -0.480 e. The SMILES string of the molecule is CCCCCCCCO[C@H]1CN(CC(=O)O)C[C@@H](CO)O1. The van der Waals surface area contributed by atoms with Gasteiger partial charge in [-0.3, -0.25) is 9.69 Å². The van der Waals surface area contributed by atoms with E-state index in [1.165, 1.54) is 25.7 Å². The van der Waals surface area contributed by atoms with Crippen LogP contribution in [-0.2, 0) is 14.3 Å². The van der Waals surface area contributed by atoms with Gasteiger partial charge in [0.25, 0.3) is 0 Å². The average Bonchev–Trinajstić information content (AvgIpc) is 2.45. The van der Waals surface area contributed by atoms with Crippen molar-refractivity contribution in [1.82, 2.24) is 4.90 Å². The van der Waals surface area contributed by atoms with E-state index < -0.39 is 12.3 Å². The lowest BCUT2D eigenvalue weighted by Crippen LogP contribution is -2.51. The highest BCUT2D eigenvalue weighted by atomic mass is 16.7. The van der Waals surface area contributed by atoms with Crippen LogP contribution in [0, 0.1) is 0 Å². The Balaban J connectivity index is 2.18. The quantitative estimate of drug-likeness (QED) is 0.563. The number of morpholine rings is 1.